The third-order valence-corrected chi connectivity index (χ3v) is 6.01. The van der Waals surface area contributed by atoms with Crippen LogP contribution in [0.1, 0.15) is 35.3 Å². The number of hydrogen-bond acceptors (Lipinski definition) is 4. The lowest BCUT2D eigenvalue weighted by atomic mass is 10.0. The van der Waals surface area contributed by atoms with Gasteiger partial charge in [-0.2, -0.15) is 0 Å². The van der Waals surface area contributed by atoms with Gasteiger partial charge >= 0.3 is 0 Å². The Morgan fingerprint density at radius 3 is 2.55 bits per heavy atom. The van der Waals surface area contributed by atoms with E-state index >= 15 is 0 Å². The molecule has 0 aliphatic rings. The summed E-state index contributed by atoms with van der Waals surface area (Å²) in [7, 11) is 0. The van der Waals surface area contributed by atoms with Gasteiger partial charge in [0.25, 0.3) is 5.91 Å². The highest BCUT2D eigenvalue weighted by Crippen LogP contribution is 2.35. The van der Waals surface area contributed by atoms with Gasteiger partial charge in [0.1, 0.15) is 5.82 Å². The molecular formula is C25H21FN3O3S-. The van der Waals surface area contributed by atoms with Crippen LogP contribution >= 0.6 is 0 Å². The average molecular weight is 463 g/mol. The second kappa shape index (κ2) is 9.89. The van der Waals surface area contributed by atoms with E-state index in [1.807, 2.05) is 37.3 Å². The lowest BCUT2D eigenvalue weighted by Gasteiger charge is -2.29. The van der Waals surface area contributed by atoms with Gasteiger partial charge in [-0.3, -0.25) is 18.3 Å². The van der Waals surface area contributed by atoms with Crippen LogP contribution in [-0.2, 0) is 11.3 Å². The molecule has 3 aromatic carbocycles. The van der Waals surface area contributed by atoms with E-state index in [1.165, 1.54) is 6.07 Å². The molecule has 1 N–H and O–H groups in total. The van der Waals surface area contributed by atoms with Gasteiger partial charge in [0.15, 0.2) is 0 Å². The van der Waals surface area contributed by atoms with Gasteiger partial charge in [0, 0.05) is 11.6 Å². The van der Waals surface area contributed by atoms with E-state index in [1.54, 1.807) is 36.5 Å². The fourth-order valence-electron chi connectivity index (χ4n) is 3.75. The minimum absolute atomic E-state index is 0.0305. The molecule has 0 fully saturated rings. The summed E-state index contributed by atoms with van der Waals surface area (Å²) in [6.07, 6.45) is 2.17. The number of amides is 1. The number of fused-ring (bicyclic) bond motifs is 1. The minimum atomic E-state index is -2.85. The third-order valence-electron chi connectivity index (χ3n) is 5.32. The van der Waals surface area contributed by atoms with Crippen molar-refractivity contribution in [3.8, 4) is 0 Å². The smallest absolute Gasteiger partial charge is 0.253 e. The van der Waals surface area contributed by atoms with Gasteiger partial charge in [-0.1, -0.05) is 55.5 Å². The number of anilines is 2. The molecule has 4 rings (SSSR count). The van der Waals surface area contributed by atoms with E-state index in [2.05, 4.69) is 10.3 Å². The SMILES string of the molecule is CCC(NC(=O)c1ccc(F)cc1N(c1cccc2cccnc12)S(=O)[O-])c1ccccc1. The molecule has 8 heteroatoms. The summed E-state index contributed by atoms with van der Waals surface area (Å²) in [4.78, 5) is 17.6. The van der Waals surface area contributed by atoms with E-state index in [4.69, 9.17) is 0 Å². The molecule has 0 spiro atoms. The Hall–Kier alpha value is -3.62. The topological polar surface area (TPSA) is 85.4 Å². The molecule has 0 aliphatic carbocycles. The highest BCUT2D eigenvalue weighted by atomic mass is 32.2. The number of halogens is 1. The van der Waals surface area contributed by atoms with Crippen molar-refractivity contribution in [2.75, 3.05) is 4.31 Å². The quantitative estimate of drug-likeness (QED) is 0.383. The van der Waals surface area contributed by atoms with Crippen LogP contribution in [0.5, 0.6) is 0 Å². The van der Waals surface area contributed by atoms with Crippen LogP contribution in [0.4, 0.5) is 15.8 Å². The number of benzene rings is 3. The van der Waals surface area contributed by atoms with Crippen LogP contribution in [0, 0.1) is 5.82 Å². The third kappa shape index (κ3) is 4.76. The molecule has 0 radical (unpaired) electrons. The summed E-state index contributed by atoms with van der Waals surface area (Å²) in [5, 5.41) is 3.65. The Morgan fingerprint density at radius 2 is 1.82 bits per heavy atom. The van der Waals surface area contributed by atoms with E-state index < -0.39 is 23.0 Å². The minimum Gasteiger partial charge on any atom is -0.755 e. The van der Waals surface area contributed by atoms with Crippen LogP contribution in [0.2, 0.25) is 0 Å². The zero-order valence-corrected chi connectivity index (χ0v) is 18.6. The molecule has 168 valence electrons. The molecule has 1 aromatic heterocycles. The molecule has 0 saturated heterocycles. The maximum atomic E-state index is 14.3. The molecule has 1 amide bonds. The van der Waals surface area contributed by atoms with Crippen molar-refractivity contribution in [3.63, 3.8) is 0 Å². The molecular weight excluding hydrogens is 441 g/mol. The number of nitrogens with zero attached hydrogens (tertiary/aromatic N) is 2. The summed E-state index contributed by atoms with van der Waals surface area (Å²) in [6.45, 7) is 1.93. The molecule has 2 atom stereocenters. The Kier molecular flexibility index (Phi) is 6.76. The fraction of sp³-hybridized carbons (Fsp3) is 0.120. The van der Waals surface area contributed by atoms with Crippen molar-refractivity contribution < 1.29 is 17.9 Å². The number of para-hydroxylation sites is 1. The first-order chi connectivity index (χ1) is 16.0. The molecule has 0 bridgehead atoms. The predicted molar refractivity (Wildman–Crippen MR) is 126 cm³/mol. The van der Waals surface area contributed by atoms with Crippen LogP contribution in [0.15, 0.2) is 85.1 Å². The van der Waals surface area contributed by atoms with Crippen LogP contribution in [-0.4, -0.2) is 19.7 Å². The lowest BCUT2D eigenvalue weighted by Crippen LogP contribution is -2.30. The molecule has 0 saturated carbocycles. The number of carbonyl (C=O) groups excluding carboxylic acids is 1. The number of nitrogens with one attached hydrogen (secondary N) is 1. The summed E-state index contributed by atoms with van der Waals surface area (Å²) in [6, 6.07) is 21.2. The van der Waals surface area contributed by atoms with Gasteiger partial charge < -0.3 is 9.87 Å². The molecule has 0 aliphatic heterocycles. The highest BCUT2D eigenvalue weighted by Gasteiger charge is 2.23. The van der Waals surface area contributed by atoms with Crippen LogP contribution in [0.25, 0.3) is 10.9 Å². The van der Waals surface area contributed by atoms with Crippen molar-refractivity contribution in [1.29, 1.82) is 0 Å². The number of pyridine rings is 1. The van der Waals surface area contributed by atoms with Crippen molar-refractivity contribution in [1.82, 2.24) is 10.3 Å². The number of carbonyl (C=O) groups is 1. The first kappa shape index (κ1) is 22.6. The zero-order valence-electron chi connectivity index (χ0n) is 17.8. The number of hydrogen-bond donors (Lipinski definition) is 1. The summed E-state index contributed by atoms with van der Waals surface area (Å²) in [5.74, 6) is -1.18. The van der Waals surface area contributed by atoms with Crippen molar-refractivity contribution in [2.45, 2.75) is 19.4 Å². The maximum Gasteiger partial charge on any atom is 0.253 e. The number of rotatable bonds is 7. The second-order valence-electron chi connectivity index (χ2n) is 7.37. The van der Waals surface area contributed by atoms with Gasteiger partial charge in [-0.15, -0.1) is 0 Å². The van der Waals surface area contributed by atoms with Crippen LogP contribution < -0.4 is 9.62 Å². The molecule has 33 heavy (non-hydrogen) atoms. The zero-order chi connectivity index (χ0) is 23.4. The lowest BCUT2D eigenvalue weighted by molar-refractivity contribution is 0.0936. The van der Waals surface area contributed by atoms with Crippen molar-refractivity contribution in [2.24, 2.45) is 0 Å². The highest BCUT2D eigenvalue weighted by molar-refractivity contribution is 7.81. The second-order valence-corrected chi connectivity index (χ2v) is 8.17. The van der Waals surface area contributed by atoms with Crippen molar-refractivity contribution >= 4 is 39.5 Å². The Labute approximate surface area is 193 Å². The summed E-state index contributed by atoms with van der Waals surface area (Å²) >= 11 is -2.85. The predicted octanol–water partition coefficient (Wildman–Crippen LogP) is 5.19. The van der Waals surface area contributed by atoms with Crippen LogP contribution in [0.3, 0.4) is 0 Å². The average Bonchev–Trinajstić information content (AvgIpc) is 2.83. The summed E-state index contributed by atoms with van der Waals surface area (Å²) in [5.41, 5.74) is 1.48. The molecule has 6 nitrogen and oxygen atoms in total. The first-order valence-corrected chi connectivity index (χ1v) is 11.4. The monoisotopic (exact) mass is 462 g/mol. The normalized spacial score (nSPS) is 12.8. The molecule has 1 heterocycles. The van der Waals surface area contributed by atoms with Gasteiger partial charge in [-0.25, -0.2) is 4.39 Å². The summed E-state index contributed by atoms with van der Waals surface area (Å²) < 4.78 is 39.9. The number of aromatic nitrogens is 1. The van der Waals surface area contributed by atoms with Gasteiger partial charge in [0.05, 0.1) is 39.8 Å². The first-order valence-electron chi connectivity index (χ1n) is 10.4. The maximum absolute atomic E-state index is 14.3. The van der Waals surface area contributed by atoms with Gasteiger partial charge in [-0.05, 0) is 42.3 Å². The van der Waals surface area contributed by atoms with E-state index in [0.717, 1.165) is 22.0 Å². The Bertz CT molecular complexity index is 1310. The fourth-order valence-corrected chi connectivity index (χ4v) is 4.37. The Balaban J connectivity index is 1.79. The molecule has 4 aromatic rings. The van der Waals surface area contributed by atoms with E-state index in [9.17, 15) is 17.9 Å². The largest absolute Gasteiger partial charge is 0.755 e. The van der Waals surface area contributed by atoms with Gasteiger partial charge in [0.2, 0.25) is 0 Å². The van der Waals surface area contributed by atoms with Crippen molar-refractivity contribution in [3.05, 3.63) is 102 Å². The molecule has 2 unspecified atom stereocenters. The van der Waals surface area contributed by atoms with E-state index in [0.29, 0.717) is 17.3 Å². The van der Waals surface area contributed by atoms with E-state index in [-0.39, 0.29) is 23.0 Å². The Morgan fingerprint density at radius 1 is 1.06 bits per heavy atom. The standard InChI is InChI=1S/C25H22FN3O3S/c1-2-21(17-8-4-3-5-9-17)28-25(30)20-14-13-19(26)16-23(20)29(33(31)32)22-12-6-10-18-11-7-15-27-24(18)22/h3-16,21H,2H2,1H3,(H,28,30)(H,31,32)/p-1.